The van der Waals surface area contributed by atoms with E-state index in [0.717, 1.165) is 11.4 Å². The van der Waals surface area contributed by atoms with Crippen LogP contribution in [0.3, 0.4) is 0 Å². The summed E-state index contributed by atoms with van der Waals surface area (Å²) in [5, 5.41) is 4.85. The van der Waals surface area contributed by atoms with Crippen molar-refractivity contribution in [3.05, 3.63) is 22.4 Å². The predicted octanol–water partition coefficient (Wildman–Crippen LogP) is 1.66. The number of hydrogen-bond donors (Lipinski definition) is 2. The average molecular weight is 224 g/mol. The standard InChI is InChI=1S/C11H16N2OS/c12-10(9-5-2-6-15-9)11(14)13-7-8-3-1-4-8/h2,5-6,8,10H,1,3-4,7,12H2,(H,13,14). The molecule has 3 N–H and O–H groups in total. The molecule has 1 amide bonds. The SMILES string of the molecule is NC(C(=O)NCC1CCC1)c1cccs1. The molecule has 1 aromatic rings. The van der Waals surface area contributed by atoms with Crippen LogP contribution in [0.2, 0.25) is 0 Å². The lowest BCUT2D eigenvalue weighted by Gasteiger charge is -2.25. The highest BCUT2D eigenvalue weighted by atomic mass is 32.1. The Morgan fingerprint density at radius 2 is 2.47 bits per heavy atom. The molecule has 1 fully saturated rings. The van der Waals surface area contributed by atoms with Gasteiger partial charge in [-0.3, -0.25) is 4.79 Å². The van der Waals surface area contributed by atoms with E-state index in [1.165, 1.54) is 30.6 Å². The normalized spacial score (nSPS) is 18.2. The third-order valence-corrected chi connectivity index (χ3v) is 3.88. The minimum Gasteiger partial charge on any atom is -0.354 e. The van der Waals surface area contributed by atoms with Crippen LogP contribution in [-0.4, -0.2) is 12.5 Å². The van der Waals surface area contributed by atoms with Crippen LogP contribution in [0.25, 0.3) is 0 Å². The highest BCUT2D eigenvalue weighted by Gasteiger charge is 2.21. The number of hydrogen-bond acceptors (Lipinski definition) is 3. The van der Waals surface area contributed by atoms with Gasteiger partial charge in [0, 0.05) is 11.4 Å². The summed E-state index contributed by atoms with van der Waals surface area (Å²) in [6.45, 7) is 0.790. The van der Waals surface area contributed by atoms with Gasteiger partial charge in [-0.15, -0.1) is 11.3 Å². The molecule has 2 rings (SSSR count). The molecule has 3 nitrogen and oxygen atoms in total. The maximum Gasteiger partial charge on any atom is 0.242 e. The molecule has 0 spiro atoms. The Bertz CT molecular complexity index is 319. The summed E-state index contributed by atoms with van der Waals surface area (Å²) in [6.07, 6.45) is 3.79. The van der Waals surface area contributed by atoms with Crippen molar-refractivity contribution in [2.45, 2.75) is 25.3 Å². The molecule has 1 heterocycles. The van der Waals surface area contributed by atoms with Gasteiger partial charge >= 0.3 is 0 Å². The first-order valence-electron chi connectivity index (χ1n) is 5.34. The van der Waals surface area contributed by atoms with Gasteiger partial charge in [-0.25, -0.2) is 0 Å². The molecule has 1 unspecified atom stereocenters. The van der Waals surface area contributed by atoms with E-state index >= 15 is 0 Å². The van der Waals surface area contributed by atoms with Crippen LogP contribution in [0.5, 0.6) is 0 Å². The Morgan fingerprint density at radius 1 is 1.67 bits per heavy atom. The van der Waals surface area contributed by atoms with Gasteiger partial charge < -0.3 is 11.1 Å². The van der Waals surface area contributed by atoms with E-state index in [0.29, 0.717) is 5.92 Å². The molecule has 0 bridgehead atoms. The topological polar surface area (TPSA) is 55.1 Å². The first kappa shape index (κ1) is 10.6. The van der Waals surface area contributed by atoms with Gasteiger partial charge in [0.25, 0.3) is 0 Å². The van der Waals surface area contributed by atoms with Gasteiger partial charge in [0.15, 0.2) is 0 Å². The molecule has 0 saturated heterocycles. The van der Waals surface area contributed by atoms with Crippen LogP contribution in [0.1, 0.15) is 30.2 Å². The lowest BCUT2D eigenvalue weighted by Crippen LogP contribution is -2.38. The fraction of sp³-hybridized carbons (Fsp3) is 0.545. The zero-order valence-corrected chi connectivity index (χ0v) is 9.43. The molecule has 1 aliphatic carbocycles. The van der Waals surface area contributed by atoms with Crippen LogP contribution < -0.4 is 11.1 Å². The van der Waals surface area contributed by atoms with E-state index in [4.69, 9.17) is 5.73 Å². The molecule has 0 radical (unpaired) electrons. The Labute approximate surface area is 93.7 Å². The quantitative estimate of drug-likeness (QED) is 0.817. The Morgan fingerprint density at radius 3 is 3.00 bits per heavy atom. The zero-order chi connectivity index (χ0) is 10.7. The zero-order valence-electron chi connectivity index (χ0n) is 8.61. The second kappa shape index (κ2) is 4.77. The van der Waals surface area contributed by atoms with Gasteiger partial charge in [-0.2, -0.15) is 0 Å². The molecule has 1 saturated carbocycles. The number of amides is 1. The van der Waals surface area contributed by atoms with E-state index in [1.54, 1.807) is 0 Å². The van der Waals surface area contributed by atoms with Crippen LogP contribution in [-0.2, 0) is 4.79 Å². The number of rotatable bonds is 4. The summed E-state index contributed by atoms with van der Waals surface area (Å²) in [6, 6.07) is 3.32. The lowest BCUT2D eigenvalue weighted by molar-refractivity contribution is -0.122. The molecule has 4 heteroatoms. The minimum atomic E-state index is -0.495. The Hall–Kier alpha value is -0.870. The molecule has 0 aromatic carbocycles. The average Bonchev–Trinajstić information content (AvgIpc) is 2.66. The van der Waals surface area contributed by atoms with Gasteiger partial charge in [-0.05, 0) is 30.2 Å². The highest BCUT2D eigenvalue weighted by molar-refractivity contribution is 7.10. The number of nitrogens with two attached hydrogens (primary N) is 1. The molecule has 1 aromatic heterocycles. The third kappa shape index (κ3) is 2.58. The predicted molar refractivity (Wildman–Crippen MR) is 61.6 cm³/mol. The fourth-order valence-electron chi connectivity index (χ4n) is 1.65. The number of nitrogens with one attached hydrogen (secondary N) is 1. The van der Waals surface area contributed by atoms with Crippen LogP contribution >= 0.6 is 11.3 Å². The van der Waals surface area contributed by atoms with Crippen molar-refractivity contribution in [2.75, 3.05) is 6.54 Å². The minimum absolute atomic E-state index is 0.0515. The summed E-state index contributed by atoms with van der Waals surface area (Å²) in [5.41, 5.74) is 5.83. The van der Waals surface area contributed by atoms with Crippen molar-refractivity contribution in [1.82, 2.24) is 5.32 Å². The third-order valence-electron chi connectivity index (χ3n) is 2.92. The van der Waals surface area contributed by atoms with Gasteiger partial charge in [-0.1, -0.05) is 12.5 Å². The van der Waals surface area contributed by atoms with Crippen molar-refractivity contribution >= 4 is 17.2 Å². The van der Waals surface area contributed by atoms with E-state index in [-0.39, 0.29) is 5.91 Å². The van der Waals surface area contributed by atoms with Gasteiger partial charge in [0.1, 0.15) is 6.04 Å². The first-order chi connectivity index (χ1) is 7.27. The second-order valence-electron chi connectivity index (χ2n) is 4.04. The van der Waals surface area contributed by atoms with Crippen molar-refractivity contribution in [1.29, 1.82) is 0 Å². The van der Waals surface area contributed by atoms with Crippen LogP contribution in [0.4, 0.5) is 0 Å². The van der Waals surface area contributed by atoms with Gasteiger partial charge in [0.2, 0.25) is 5.91 Å². The second-order valence-corrected chi connectivity index (χ2v) is 5.01. The maximum absolute atomic E-state index is 11.7. The highest BCUT2D eigenvalue weighted by Crippen LogP contribution is 2.25. The van der Waals surface area contributed by atoms with E-state index in [2.05, 4.69) is 5.32 Å². The molecular formula is C11H16N2OS. The molecule has 0 aliphatic heterocycles. The lowest BCUT2D eigenvalue weighted by atomic mass is 9.85. The Balaban J connectivity index is 1.79. The molecule has 82 valence electrons. The molecule has 1 atom stereocenters. The van der Waals surface area contributed by atoms with Crippen molar-refractivity contribution in [3.8, 4) is 0 Å². The first-order valence-corrected chi connectivity index (χ1v) is 6.22. The van der Waals surface area contributed by atoms with E-state index in [9.17, 15) is 4.79 Å². The van der Waals surface area contributed by atoms with E-state index in [1.807, 2.05) is 17.5 Å². The molecule has 1 aliphatic rings. The number of carbonyl (C=O) groups excluding carboxylic acids is 1. The summed E-state index contributed by atoms with van der Waals surface area (Å²) in [7, 11) is 0. The fourth-order valence-corrected chi connectivity index (χ4v) is 2.37. The van der Waals surface area contributed by atoms with Crippen LogP contribution in [0, 0.1) is 5.92 Å². The summed E-state index contributed by atoms with van der Waals surface area (Å²) in [5.74, 6) is 0.633. The number of carbonyl (C=O) groups is 1. The van der Waals surface area contributed by atoms with Crippen LogP contribution in [0.15, 0.2) is 17.5 Å². The molecular weight excluding hydrogens is 208 g/mol. The van der Waals surface area contributed by atoms with Crippen molar-refractivity contribution < 1.29 is 4.79 Å². The van der Waals surface area contributed by atoms with Crippen molar-refractivity contribution in [2.24, 2.45) is 11.7 Å². The largest absolute Gasteiger partial charge is 0.354 e. The van der Waals surface area contributed by atoms with Crippen molar-refractivity contribution in [3.63, 3.8) is 0 Å². The summed E-state index contributed by atoms with van der Waals surface area (Å²) < 4.78 is 0. The smallest absolute Gasteiger partial charge is 0.242 e. The number of thiophene rings is 1. The monoisotopic (exact) mass is 224 g/mol. The molecule has 15 heavy (non-hydrogen) atoms. The van der Waals surface area contributed by atoms with Gasteiger partial charge in [0.05, 0.1) is 0 Å². The maximum atomic E-state index is 11.7. The summed E-state index contributed by atoms with van der Waals surface area (Å²) in [4.78, 5) is 12.6. The Kier molecular flexibility index (Phi) is 3.38. The summed E-state index contributed by atoms with van der Waals surface area (Å²) >= 11 is 1.53. The van der Waals surface area contributed by atoms with E-state index < -0.39 is 6.04 Å².